The molecule has 0 radical (unpaired) electrons. The van der Waals surface area contributed by atoms with Gasteiger partial charge in [0.2, 0.25) is 0 Å². The smallest absolute Gasteiger partial charge is 0.317 e. The first kappa shape index (κ1) is 19.6. The van der Waals surface area contributed by atoms with E-state index in [9.17, 15) is 4.79 Å². The zero-order valence-electron chi connectivity index (χ0n) is 15.9. The third-order valence-corrected chi connectivity index (χ3v) is 4.99. The maximum atomic E-state index is 12.4. The highest BCUT2D eigenvalue weighted by Crippen LogP contribution is 2.11. The van der Waals surface area contributed by atoms with Crippen LogP contribution >= 0.6 is 0 Å². The molecule has 0 aliphatic carbocycles. The van der Waals surface area contributed by atoms with Crippen molar-refractivity contribution >= 4 is 6.03 Å². The lowest BCUT2D eigenvalue weighted by atomic mass is 10.1. The minimum Gasteiger partial charge on any atom is -0.379 e. The van der Waals surface area contributed by atoms with E-state index in [1.807, 2.05) is 36.1 Å². The molecule has 1 aromatic carbocycles. The van der Waals surface area contributed by atoms with E-state index in [2.05, 4.69) is 16.3 Å². The summed E-state index contributed by atoms with van der Waals surface area (Å²) in [6.45, 7) is 7.86. The van der Waals surface area contributed by atoms with Gasteiger partial charge in [-0.2, -0.15) is 5.26 Å². The fourth-order valence-corrected chi connectivity index (χ4v) is 3.32. The van der Waals surface area contributed by atoms with Gasteiger partial charge in [-0.1, -0.05) is 12.1 Å². The Hall–Kier alpha value is -2.14. The normalized spacial score (nSPS) is 21.6. The molecule has 2 heterocycles. The molecule has 1 N–H and O–H groups in total. The molecular weight excluding hydrogens is 344 g/mol. The van der Waals surface area contributed by atoms with Crippen LogP contribution in [0.1, 0.15) is 24.5 Å². The molecule has 1 aromatic rings. The van der Waals surface area contributed by atoms with Crippen molar-refractivity contribution in [2.75, 3.05) is 46.0 Å². The summed E-state index contributed by atoms with van der Waals surface area (Å²) >= 11 is 0. The SMILES string of the molecule is CC(COC1CCOC1)NC(=O)N1CCN(Cc2ccc(C#N)cc2)CC1. The third kappa shape index (κ3) is 5.93. The van der Waals surface area contributed by atoms with Gasteiger partial charge >= 0.3 is 6.03 Å². The molecule has 2 saturated heterocycles. The third-order valence-electron chi connectivity index (χ3n) is 4.99. The Morgan fingerprint density at radius 1 is 1.33 bits per heavy atom. The van der Waals surface area contributed by atoms with E-state index >= 15 is 0 Å². The summed E-state index contributed by atoms with van der Waals surface area (Å²) in [4.78, 5) is 16.6. The molecule has 146 valence electrons. The molecule has 2 amide bonds. The Morgan fingerprint density at radius 2 is 2.07 bits per heavy atom. The van der Waals surface area contributed by atoms with E-state index in [1.165, 1.54) is 5.56 Å². The zero-order valence-corrected chi connectivity index (χ0v) is 15.9. The molecule has 0 spiro atoms. The molecule has 2 aliphatic rings. The number of piperazine rings is 1. The number of hydrogen-bond donors (Lipinski definition) is 1. The molecule has 0 bridgehead atoms. The van der Waals surface area contributed by atoms with E-state index in [-0.39, 0.29) is 18.2 Å². The molecule has 0 saturated carbocycles. The first-order valence-electron chi connectivity index (χ1n) is 9.60. The number of urea groups is 1. The van der Waals surface area contributed by atoms with Crippen molar-refractivity contribution in [1.82, 2.24) is 15.1 Å². The Morgan fingerprint density at radius 3 is 2.70 bits per heavy atom. The summed E-state index contributed by atoms with van der Waals surface area (Å²) in [5.41, 5.74) is 1.87. The molecule has 2 fully saturated rings. The highest BCUT2D eigenvalue weighted by Gasteiger charge is 2.23. The van der Waals surface area contributed by atoms with Gasteiger partial charge in [-0.05, 0) is 31.0 Å². The van der Waals surface area contributed by atoms with Crippen LogP contribution in [0.5, 0.6) is 0 Å². The van der Waals surface area contributed by atoms with E-state index in [0.29, 0.717) is 31.9 Å². The predicted molar refractivity (Wildman–Crippen MR) is 101 cm³/mol. The maximum Gasteiger partial charge on any atom is 0.317 e. The second-order valence-electron chi connectivity index (χ2n) is 7.24. The molecule has 2 unspecified atom stereocenters. The van der Waals surface area contributed by atoms with E-state index < -0.39 is 0 Å². The van der Waals surface area contributed by atoms with Gasteiger partial charge in [0.25, 0.3) is 0 Å². The van der Waals surface area contributed by atoms with Gasteiger partial charge in [0, 0.05) is 39.3 Å². The van der Waals surface area contributed by atoms with E-state index in [1.54, 1.807) is 0 Å². The number of carbonyl (C=O) groups excluding carboxylic acids is 1. The van der Waals surface area contributed by atoms with Crippen molar-refractivity contribution < 1.29 is 14.3 Å². The highest BCUT2D eigenvalue weighted by molar-refractivity contribution is 5.74. The van der Waals surface area contributed by atoms with Crippen LogP contribution in [0.4, 0.5) is 4.79 Å². The first-order valence-corrected chi connectivity index (χ1v) is 9.60. The highest BCUT2D eigenvalue weighted by atomic mass is 16.5. The van der Waals surface area contributed by atoms with Crippen LogP contribution in [-0.2, 0) is 16.0 Å². The van der Waals surface area contributed by atoms with Crippen LogP contribution in [0.3, 0.4) is 0 Å². The number of nitriles is 1. The Labute approximate surface area is 160 Å². The molecule has 27 heavy (non-hydrogen) atoms. The number of amides is 2. The minimum absolute atomic E-state index is 0.0187. The lowest BCUT2D eigenvalue weighted by Crippen LogP contribution is -2.53. The van der Waals surface area contributed by atoms with Gasteiger partial charge in [-0.25, -0.2) is 4.79 Å². The van der Waals surface area contributed by atoms with Gasteiger partial charge in [0.05, 0.1) is 37.0 Å². The summed E-state index contributed by atoms with van der Waals surface area (Å²) in [7, 11) is 0. The number of hydrogen-bond acceptors (Lipinski definition) is 5. The summed E-state index contributed by atoms with van der Waals surface area (Å²) in [5, 5.41) is 11.9. The van der Waals surface area contributed by atoms with Crippen LogP contribution < -0.4 is 5.32 Å². The zero-order chi connectivity index (χ0) is 19.1. The lowest BCUT2D eigenvalue weighted by Gasteiger charge is -2.35. The molecular formula is C20H28N4O3. The Bertz CT molecular complexity index is 644. The van der Waals surface area contributed by atoms with Crippen LogP contribution in [0.15, 0.2) is 24.3 Å². The summed E-state index contributed by atoms with van der Waals surface area (Å²) in [5.74, 6) is 0. The Kier molecular flexibility index (Phi) is 7.04. The second kappa shape index (κ2) is 9.70. The van der Waals surface area contributed by atoms with Crippen LogP contribution in [-0.4, -0.2) is 74.0 Å². The molecule has 0 aromatic heterocycles. The number of ether oxygens (including phenoxy) is 2. The van der Waals surface area contributed by atoms with Crippen molar-refractivity contribution in [3.63, 3.8) is 0 Å². The number of benzene rings is 1. The van der Waals surface area contributed by atoms with Crippen molar-refractivity contribution in [2.24, 2.45) is 0 Å². The molecule has 3 rings (SSSR count). The number of rotatable bonds is 6. The number of nitrogens with zero attached hydrogens (tertiary/aromatic N) is 3. The summed E-state index contributed by atoms with van der Waals surface area (Å²) in [6, 6.07) is 9.78. The molecule has 7 heteroatoms. The van der Waals surface area contributed by atoms with Gasteiger partial charge in [-0.3, -0.25) is 4.90 Å². The number of carbonyl (C=O) groups is 1. The van der Waals surface area contributed by atoms with E-state index in [0.717, 1.165) is 32.7 Å². The monoisotopic (exact) mass is 372 g/mol. The Balaban J connectivity index is 1.36. The second-order valence-corrected chi connectivity index (χ2v) is 7.24. The molecule has 2 aliphatic heterocycles. The summed E-state index contributed by atoms with van der Waals surface area (Å²) < 4.78 is 11.1. The van der Waals surface area contributed by atoms with E-state index in [4.69, 9.17) is 14.7 Å². The van der Waals surface area contributed by atoms with Gasteiger partial charge in [-0.15, -0.1) is 0 Å². The van der Waals surface area contributed by atoms with Gasteiger partial charge < -0.3 is 19.7 Å². The average Bonchev–Trinajstić information content (AvgIpc) is 3.21. The van der Waals surface area contributed by atoms with Crippen molar-refractivity contribution in [3.05, 3.63) is 35.4 Å². The van der Waals surface area contributed by atoms with Gasteiger partial charge in [0.1, 0.15) is 0 Å². The number of nitrogens with one attached hydrogen (secondary N) is 1. The van der Waals surface area contributed by atoms with Gasteiger partial charge in [0.15, 0.2) is 0 Å². The molecule has 2 atom stereocenters. The predicted octanol–water partition coefficient (Wildman–Crippen LogP) is 1.58. The molecule has 7 nitrogen and oxygen atoms in total. The van der Waals surface area contributed by atoms with Crippen molar-refractivity contribution in [3.8, 4) is 6.07 Å². The van der Waals surface area contributed by atoms with Crippen LogP contribution in [0, 0.1) is 11.3 Å². The minimum atomic E-state index is -0.0215. The van der Waals surface area contributed by atoms with Crippen molar-refractivity contribution in [1.29, 1.82) is 5.26 Å². The van der Waals surface area contributed by atoms with Crippen molar-refractivity contribution in [2.45, 2.75) is 32.0 Å². The quantitative estimate of drug-likeness (QED) is 0.820. The lowest BCUT2D eigenvalue weighted by molar-refractivity contribution is 0.0325. The maximum absolute atomic E-state index is 12.4. The van der Waals surface area contributed by atoms with Crippen LogP contribution in [0.25, 0.3) is 0 Å². The first-order chi connectivity index (χ1) is 13.1. The summed E-state index contributed by atoms with van der Waals surface area (Å²) in [6.07, 6.45) is 1.09. The standard InChI is InChI=1S/C20H28N4O3/c1-16(14-27-19-6-11-26-15-19)22-20(25)24-9-7-23(8-10-24)13-18-4-2-17(12-21)3-5-18/h2-5,16,19H,6-11,13-15H2,1H3,(H,22,25). The average molecular weight is 372 g/mol. The topological polar surface area (TPSA) is 77.8 Å². The largest absolute Gasteiger partial charge is 0.379 e. The fraction of sp³-hybridized carbons (Fsp3) is 0.600. The van der Waals surface area contributed by atoms with Crippen LogP contribution in [0.2, 0.25) is 0 Å². The fourth-order valence-electron chi connectivity index (χ4n) is 3.32.